The van der Waals surface area contributed by atoms with Crippen LogP contribution >= 0.6 is 0 Å². The first-order chi connectivity index (χ1) is 7.66. The Kier molecular flexibility index (Phi) is 2.97. The van der Waals surface area contributed by atoms with Crippen LogP contribution in [0.4, 0.5) is 0 Å². The highest BCUT2D eigenvalue weighted by Gasteiger charge is 2.41. The molecule has 0 heterocycles. The largest absolute Gasteiger partial charge is 0.466 e. The molecule has 3 nitrogen and oxygen atoms in total. The van der Waals surface area contributed by atoms with Gasteiger partial charge in [-0.3, -0.25) is 4.79 Å². The van der Waals surface area contributed by atoms with Crippen molar-refractivity contribution >= 4 is 5.97 Å². The third-order valence-corrected chi connectivity index (χ3v) is 3.33. The summed E-state index contributed by atoms with van der Waals surface area (Å²) >= 11 is 0. The second kappa shape index (κ2) is 4.26. The highest BCUT2D eigenvalue weighted by atomic mass is 16.5. The third-order valence-electron chi connectivity index (χ3n) is 3.33. The Hall–Kier alpha value is -1.35. The van der Waals surface area contributed by atoms with E-state index in [0.29, 0.717) is 6.61 Å². The summed E-state index contributed by atoms with van der Waals surface area (Å²) in [7, 11) is 0. The van der Waals surface area contributed by atoms with Gasteiger partial charge in [-0.25, -0.2) is 0 Å². The molecule has 2 N–H and O–H groups in total. The summed E-state index contributed by atoms with van der Waals surface area (Å²) in [6, 6.07) is 7.74. The fourth-order valence-electron chi connectivity index (χ4n) is 2.52. The molecular formula is C13H17NO2. The van der Waals surface area contributed by atoms with Crippen molar-refractivity contribution in [2.45, 2.75) is 25.8 Å². The van der Waals surface area contributed by atoms with Gasteiger partial charge in [-0.15, -0.1) is 0 Å². The lowest BCUT2D eigenvalue weighted by Crippen LogP contribution is -2.28. The number of esters is 1. The van der Waals surface area contributed by atoms with Crippen LogP contribution in [0.1, 0.15) is 36.9 Å². The van der Waals surface area contributed by atoms with E-state index in [9.17, 15) is 4.79 Å². The smallest absolute Gasteiger partial charge is 0.311 e. The van der Waals surface area contributed by atoms with E-state index in [4.69, 9.17) is 10.5 Å². The van der Waals surface area contributed by atoms with Crippen molar-refractivity contribution in [3.63, 3.8) is 0 Å². The first-order valence-electron chi connectivity index (χ1n) is 5.67. The standard InChI is InChI=1S/C13H17NO2/c1-3-16-13(15)11-8(2)9-6-4-5-7-10(9)12(11)14/h4-8,11-12H,3,14H2,1-2H3/t8?,11-,12+/m0/s1. The van der Waals surface area contributed by atoms with Crippen molar-refractivity contribution in [2.75, 3.05) is 6.61 Å². The molecule has 0 saturated heterocycles. The van der Waals surface area contributed by atoms with Gasteiger partial charge in [0, 0.05) is 6.04 Å². The number of rotatable bonds is 2. The van der Waals surface area contributed by atoms with Gasteiger partial charge < -0.3 is 10.5 Å². The maximum absolute atomic E-state index is 11.8. The number of hydrogen-bond donors (Lipinski definition) is 1. The van der Waals surface area contributed by atoms with Gasteiger partial charge in [0.1, 0.15) is 0 Å². The van der Waals surface area contributed by atoms with Crippen LogP contribution in [0.5, 0.6) is 0 Å². The van der Waals surface area contributed by atoms with Crippen LogP contribution in [-0.4, -0.2) is 12.6 Å². The van der Waals surface area contributed by atoms with Gasteiger partial charge in [-0.2, -0.15) is 0 Å². The Morgan fingerprint density at radius 2 is 2.00 bits per heavy atom. The Morgan fingerprint density at radius 3 is 2.56 bits per heavy atom. The molecule has 16 heavy (non-hydrogen) atoms. The average molecular weight is 219 g/mol. The Morgan fingerprint density at radius 1 is 1.38 bits per heavy atom. The molecule has 1 aliphatic rings. The van der Waals surface area contributed by atoms with E-state index in [1.54, 1.807) is 0 Å². The van der Waals surface area contributed by atoms with Crippen LogP contribution in [0.15, 0.2) is 24.3 Å². The molecule has 1 aromatic rings. The minimum Gasteiger partial charge on any atom is -0.466 e. The summed E-state index contributed by atoms with van der Waals surface area (Å²) in [5.74, 6) is -0.277. The SMILES string of the molecule is CCOC(=O)[C@H]1C(C)c2ccccc2[C@H]1N. The summed E-state index contributed by atoms with van der Waals surface area (Å²) in [5.41, 5.74) is 8.36. The second-order valence-electron chi connectivity index (χ2n) is 4.22. The van der Waals surface area contributed by atoms with E-state index in [-0.39, 0.29) is 23.8 Å². The summed E-state index contributed by atoms with van der Waals surface area (Å²) in [4.78, 5) is 11.8. The zero-order chi connectivity index (χ0) is 11.7. The highest BCUT2D eigenvalue weighted by Crippen LogP contribution is 2.43. The fourth-order valence-corrected chi connectivity index (χ4v) is 2.52. The monoisotopic (exact) mass is 219 g/mol. The topological polar surface area (TPSA) is 52.3 Å². The maximum atomic E-state index is 11.8. The minimum absolute atomic E-state index is 0.144. The van der Waals surface area contributed by atoms with Crippen molar-refractivity contribution in [3.05, 3.63) is 35.4 Å². The van der Waals surface area contributed by atoms with Crippen molar-refractivity contribution in [1.29, 1.82) is 0 Å². The highest BCUT2D eigenvalue weighted by molar-refractivity contribution is 5.76. The molecule has 0 saturated carbocycles. The molecule has 2 rings (SSSR count). The van der Waals surface area contributed by atoms with Gasteiger partial charge in [0.05, 0.1) is 12.5 Å². The average Bonchev–Trinajstić information content (AvgIpc) is 2.53. The molecule has 0 amide bonds. The van der Waals surface area contributed by atoms with E-state index in [2.05, 4.69) is 0 Å². The quantitative estimate of drug-likeness (QED) is 0.774. The zero-order valence-electron chi connectivity index (χ0n) is 9.64. The predicted octanol–water partition coefficient (Wildman–Crippen LogP) is 1.98. The minimum atomic E-state index is -0.239. The Bertz CT molecular complexity index is 374. The molecule has 1 aliphatic carbocycles. The molecule has 1 aromatic carbocycles. The van der Waals surface area contributed by atoms with E-state index in [1.165, 1.54) is 5.56 Å². The molecule has 3 heteroatoms. The first-order valence-corrected chi connectivity index (χ1v) is 5.67. The summed E-state index contributed by atoms with van der Waals surface area (Å²) < 4.78 is 5.08. The molecule has 86 valence electrons. The molecule has 0 fully saturated rings. The Balaban J connectivity index is 2.31. The van der Waals surface area contributed by atoms with Crippen LogP contribution in [0.2, 0.25) is 0 Å². The van der Waals surface area contributed by atoms with Crippen LogP contribution in [0.25, 0.3) is 0 Å². The molecule has 0 aliphatic heterocycles. The van der Waals surface area contributed by atoms with Crippen molar-refractivity contribution in [2.24, 2.45) is 11.7 Å². The van der Waals surface area contributed by atoms with E-state index in [1.807, 2.05) is 38.1 Å². The zero-order valence-corrected chi connectivity index (χ0v) is 9.64. The van der Waals surface area contributed by atoms with Gasteiger partial charge in [0.25, 0.3) is 0 Å². The van der Waals surface area contributed by atoms with Crippen molar-refractivity contribution in [3.8, 4) is 0 Å². The van der Waals surface area contributed by atoms with Gasteiger partial charge in [-0.1, -0.05) is 31.2 Å². The molecule has 0 radical (unpaired) electrons. The Labute approximate surface area is 95.6 Å². The van der Waals surface area contributed by atoms with Crippen LogP contribution in [-0.2, 0) is 9.53 Å². The van der Waals surface area contributed by atoms with E-state index in [0.717, 1.165) is 5.56 Å². The van der Waals surface area contributed by atoms with E-state index < -0.39 is 0 Å². The molecule has 0 bridgehead atoms. The van der Waals surface area contributed by atoms with Gasteiger partial charge in [-0.05, 0) is 24.0 Å². The number of nitrogens with two attached hydrogens (primary N) is 1. The van der Waals surface area contributed by atoms with Crippen molar-refractivity contribution < 1.29 is 9.53 Å². The van der Waals surface area contributed by atoms with Gasteiger partial charge in [0.2, 0.25) is 0 Å². The molecular weight excluding hydrogens is 202 g/mol. The van der Waals surface area contributed by atoms with E-state index >= 15 is 0 Å². The van der Waals surface area contributed by atoms with Crippen LogP contribution in [0, 0.1) is 5.92 Å². The molecule has 0 spiro atoms. The summed E-state index contributed by atoms with van der Waals surface area (Å²) in [6.07, 6.45) is 0. The number of benzene rings is 1. The predicted molar refractivity (Wildman–Crippen MR) is 61.9 cm³/mol. The lowest BCUT2D eigenvalue weighted by atomic mass is 9.93. The number of ether oxygens (including phenoxy) is 1. The van der Waals surface area contributed by atoms with Crippen molar-refractivity contribution in [1.82, 2.24) is 0 Å². The lowest BCUT2D eigenvalue weighted by Gasteiger charge is -2.18. The molecule has 1 unspecified atom stereocenters. The molecule has 0 aromatic heterocycles. The third kappa shape index (κ3) is 1.61. The fraction of sp³-hybridized carbons (Fsp3) is 0.462. The van der Waals surface area contributed by atoms with Crippen LogP contribution < -0.4 is 5.73 Å². The number of fused-ring (bicyclic) bond motifs is 1. The maximum Gasteiger partial charge on any atom is 0.311 e. The molecule has 3 atom stereocenters. The summed E-state index contributed by atoms with van der Waals surface area (Å²) in [5, 5.41) is 0. The number of carbonyl (C=O) groups is 1. The van der Waals surface area contributed by atoms with Gasteiger partial charge in [0.15, 0.2) is 0 Å². The number of carbonyl (C=O) groups excluding carboxylic acids is 1. The second-order valence-corrected chi connectivity index (χ2v) is 4.22. The summed E-state index contributed by atoms with van der Waals surface area (Å²) in [6.45, 7) is 4.26. The van der Waals surface area contributed by atoms with Gasteiger partial charge >= 0.3 is 5.97 Å². The normalized spacial score (nSPS) is 27.6. The lowest BCUT2D eigenvalue weighted by molar-refractivity contribution is -0.149. The van der Waals surface area contributed by atoms with Crippen LogP contribution in [0.3, 0.4) is 0 Å². The first kappa shape index (κ1) is 11.1. The number of hydrogen-bond acceptors (Lipinski definition) is 3.